The van der Waals surface area contributed by atoms with Crippen LogP contribution in [0.2, 0.25) is 0 Å². The van der Waals surface area contributed by atoms with E-state index in [4.69, 9.17) is 61.9 Å². The number of hydrogen-bond donors (Lipinski definition) is 5. The summed E-state index contributed by atoms with van der Waals surface area (Å²) in [6, 6.07) is -0.121. The van der Waals surface area contributed by atoms with Crippen molar-refractivity contribution in [2.45, 2.75) is 84.2 Å². The predicted octanol–water partition coefficient (Wildman–Crippen LogP) is 2.11. The normalized spacial score (nSPS) is 14.8. The van der Waals surface area contributed by atoms with Crippen LogP contribution in [-0.4, -0.2) is 231 Å². The summed E-state index contributed by atoms with van der Waals surface area (Å²) in [7, 11) is 1.62. The molecular formula is C47H92N4O17S. The molecule has 0 bridgehead atoms. The van der Waals surface area contributed by atoms with Crippen LogP contribution in [0.5, 0.6) is 0 Å². The highest BCUT2D eigenvalue weighted by Gasteiger charge is 2.26. The molecule has 3 amide bonds. The Balaban J connectivity index is 0.00000365. The average molecular weight is 1020 g/mol. The van der Waals surface area contributed by atoms with Crippen molar-refractivity contribution >= 4 is 35.5 Å². The summed E-state index contributed by atoms with van der Waals surface area (Å²) in [6.45, 7) is 18.0. The summed E-state index contributed by atoms with van der Waals surface area (Å²) in [5, 5.41) is 20.4. The maximum absolute atomic E-state index is 11.8. The molecule has 1 aliphatic heterocycles. The molecule has 21 nitrogen and oxygen atoms in total. The van der Waals surface area contributed by atoms with Gasteiger partial charge in [0, 0.05) is 44.6 Å². The smallest absolute Gasteiger partial charge is 0.320 e. The molecule has 3 atom stereocenters. The minimum atomic E-state index is -0.864. The second-order valence-corrected chi connectivity index (χ2v) is 16.7. The van der Waals surface area contributed by atoms with Gasteiger partial charge in [-0.2, -0.15) is 11.8 Å². The number of rotatable bonds is 51. The lowest BCUT2D eigenvalue weighted by atomic mass is 10.0. The van der Waals surface area contributed by atoms with E-state index in [1.165, 1.54) is 12.2 Å². The van der Waals surface area contributed by atoms with Crippen molar-refractivity contribution in [2.75, 3.05) is 190 Å². The van der Waals surface area contributed by atoms with E-state index in [0.717, 1.165) is 25.0 Å². The molecule has 0 spiro atoms. The minimum Gasteiger partial charge on any atom is -0.480 e. The van der Waals surface area contributed by atoms with Crippen LogP contribution in [0.15, 0.2) is 0 Å². The third-order valence-corrected chi connectivity index (χ3v) is 11.1. The molecular weight excluding hydrogens is 925 g/mol. The SMILES string of the molecule is CCC1CSCC1NC(C)=O.CCCCC(=O)NCCOCCOCCOCCOCCOCCOCCOCCOCCOCCOCCOCCOCCC(=O)NCCCCC(NC)C(=O)O. The number of nitrogens with one attached hydrogen (secondary N) is 4. The van der Waals surface area contributed by atoms with Crippen LogP contribution in [0.3, 0.4) is 0 Å². The third kappa shape index (κ3) is 49.1. The third-order valence-electron chi connectivity index (χ3n) is 9.89. The molecule has 3 unspecified atom stereocenters. The summed E-state index contributed by atoms with van der Waals surface area (Å²) in [5.74, 6) is 2.23. The first-order chi connectivity index (χ1) is 33.7. The molecule has 0 saturated carbocycles. The molecule has 1 saturated heterocycles. The van der Waals surface area contributed by atoms with Crippen LogP contribution in [0.4, 0.5) is 0 Å². The Morgan fingerprint density at radius 1 is 0.507 bits per heavy atom. The van der Waals surface area contributed by atoms with Crippen molar-refractivity contribution in [1.29, 1.82) is 0 Å². The number of hydrogen-bond acceptors (Lipinski definition) is 18. The fraction of sp³-hybridized carbons (Fsp3) is 0.915. The second kappa shape index (κ2) is 53.5. The number of carboxylic acids is 1. The number of unbranched alkanes of at least 4 members (excludes halogenated alkanes) is 2. The molecule has 69 heavy (non-hydrogen) atoms. The van der Waals surface area contributed by atoms with E-state index < -0.39 is 12.0 Å². The van der Waals surface area contributed by atoms with Gasteiger partial charge in [-0.1, -0.05) is 26.7 Å². The Labute approximate surface area is 417 Å². The van der Waals surface area contributed by atoms with E-state index in [2.05, 4.69) is 35.1 Å². The summed E-state index contributed by atoms with van der Waals surface area (Å²) in [4.78, 5) is 45.0. The summed E-state index contributed by atoms with van der Waals surface area (Å²) in [5.41, 5.74) is 0. The van der Waals surface area contributed by atoms with Crippen molar-refractivity contribution in [1.82, 2.24) is 21.3 Å². The van der Waals surface area contributed by atoms with Gasteiger partial charge < -0.3 is 83.2 Å². The van der Waals surface area contributed by atoms with E-state index in [1.807, 2.05) is 11.8 Å². The fourth-order valence-electron chi connectivity index (χ4n) is 5.98. The molecule has 1 aliphatic rings. The van der Waals surface area contributed by atoms with Gasteiger partial charge in [0.05, 0.1) is 159 Å². The second-order valence-electron chi connectivity index (χ2n) is 15.6. The molecule has 1 rings (SSSR count). The van der Waals surface area contributed by atoms with Crippen LogP contribution in [0, 0.1) is 5.92 Å². The quantitative estimate of drug-likeness (QED) is 0.0548. The van der Waals surface area contributed by atoms with E-state index >= 15 is 0 Å². The van der Waals surface area contributed by atoms with Gasteiger partial charge in [0.15, 0.2) is 0 Å². The highest BCUT2D eigenvalue weighted by atomic mass is 32.2. The number of ether oxygens (including phenoxy) is 12. The largest absolute Gasteiger partial charge is 0.480 e. The lowest BCUT2D eigenvalue weighted by molar-refractivity contribution is -0.139. The minimum absolute atomic E-state index is 0.0724. The van der Waals surface area contributed by atoms with E-state index in [0.29, 0.717) is 203 Å². The van der Waals surface area contributed by atoms with Crippen LogP contribution < -0.4 is 21.3 Å². The van der Waals surface area contributed by atoms with Gasteiger partial charge in [0.1, 0.15) is 6.04 Å². The highest BCUT2D eigenvalue weighted by Crippen LogP contribution is 2.26. The molecule has 5 N–H and O–H groups in total. The molecule has 1 fully saturated rings. The van der Waals surface area contributed by atoms with E-state index in [1.54, 1.807) is 14.0 Å². The summed E-state index contributed by atoms with van der Waals surface area (Å²) in [6.07, 6.45) is 5.90. The molecule has 0 aromatic rings. The molecule has 0 aromatic carbocycles. The number of amides is 3. The van der Waals surface area contributed by atoms with Crippen molar-refractivity contribution in [3.05, 3.63) is 0 Å². The average Bonchev–Trinajstić information content (AvgIpc) is 3.79. The van der Waals surface area contributed by atoms with Crippen molar-refractivity contribution in [3.8, 4) is 0 Å². The van der Waals surface area contributed by atoms with Crippen LogP contribution in [0.1, 0.15) is 72.1 Å². The maximum Gasteiger partial charge on any atom is 0.320 e. The van der Waals surface area contributed by atoms with E-state index in [-0.39, 0.29) is 24.1 Å². The van der Waals surface area contributed by atoms with Gasteiger partial charge in [0.25, 0.3) is 0 Å². The summed E-state index contributed by atoms with van der Waals surface area (Å²) < 4.78 is 65.6. The number of likely N-dealkylation sites (N-methyl/N-ethyl adjacent to an activating group) is 1. The first-order valence-electron chi connectivity index (χ1n) is 25.0. The highest BCUT2D eigenvalue weighted by molar-refractivity contribution is 7.99. The van der Waals surface area contributed by atoms with Crippen molar-refractivity contribution < 1.29 is 81.1 Å². The molecule has 0 radical (unpaired) electrons. The zero-order valence-corrected chi connectivity index (χ0v) is 43.4. The lowest BCUT2D eigenvalue weighted by Gasteiger charge is -2.17. The van der Waals surface area contributed by atoms with Gasteiger partial charge in [0.2, 0.25) is 17.7 Å². The molecule has 408 valence electrons. The van der Waals surface area contributed by atoms with Crippen LogP contribution in [0.25, 0.3) is 0 Å². The van der Waals surface area contributed by atoms with Crippen LogP contribution >= 0.6 is 11.8 Å². The van der Waals surface area contributed by atoms with E-state index in [9.17, 15) is 19.2 Å². The van der Waals surface area contributed by atoms with Gasteiger partial charge in [-0.3, -0.25) is 19.2 Å². The molecule has 1 heterocycles. The number of aliphatic carboxylic acids is 1. The topological polar surface area (TPSA) is 247 Å². The first-order valence-corrected chi connectivity index (χ1v) is 26.1. The zero-order chi connectivity index (χ0) is 50.5. The fourth-order valence-corrected chi connectivity index (χ4v) is 7.49. The van der Waals surface area contributed by atoms with Crippen molar-refractivity contribution in [3.63, 3.8) is 0 Å². The Morgan fingerprint density at radius 2 is 0.884 bits per heavy atom. The Hall–Kier alpha value is -2.29. The van der Waals surface area contributed by atoms with Gasteiger partial charge in [-0.25, -0.2) is 0 Å². The molecule has 0 aliphatic carbocycles. The zero-order valence-electron chi connectivity index (χ0n) is 42.6. The van der Waals surface area contributed by atoms with Gasteiger partial charge in [-0.05, 0) is 44.4 Å². The number of carbonyl (C=O) groups is 4. The lowest BCUT2D eigenvalue weighted by Crippen LogP contribution is -2.38. The standard InChI is InChI=1S/C39H77N3O16.C8H15NOS/c1-3-4-8-37(43)42-11-13-48-15-17-50-19-21-52-23-25-54-27-29-56-31-33-58-35-34-57-32-30-55-28-26-53-24-22-51-20-18-49-16-14-47-12-9-38(44)41-10-6-5-7-36(40-2)39(45)46;1-3-7-4-11-5-8(7)9-6(2)10/h36,40H,3-35H2,1-2H3,(H,41,44)(H,42,43)(H,45,46);7-8H,3-5H2,1-2H3,(H,9,10). The van der Waals surface area contributed by atoms with Gasteiger partial charge >= 0.3 is 5.97 Å². The van der Waals surface area contributed by atoms with Gasteiger partial charge in [-0.15, -0.1) is 0 Å². The maximum atomic E-state index is 11.8. The summed E-state index contributed by atoms with van der Waals surface area (Å²) >= 11 is 1.94. The monoisotopic (exact) mass is 1020 g/mol. The molecule has 22 heteroatoms. The Bertz CT molecular complexity index is 1170. The number of thioether (sulfide) groups is 1. The predicted molar refractivity (Wildman–Crippen MR) is 263 cm³/mol. The molecule has 0 aromatic heterocycles. The van der Waals surface area contributed by atoms with Crippen LogP contribution in [-0.2, 0) is 76.0 Å². The number of carbonyl (C=O) groups excluding carboxylic acids is 3. The Morgan fingerprint density at radius 3 is 1.25 bits per heavy atom. The Kier molecular flexibility index (Phi) is 51.7. The number of carboxylic acid groups (broad SMARTS) is 1. The van der Waals surface area contributed by atoms with Crippen molar-refractivity contribution in [2.24, 2.45) is 5.92 Å². The first kappa shape index (κ1) is 66.7.